The van der Waals surface area contributed by atoms with Crippen LogP contribution in [0, 0.1) is 0 Å². The Bertz CT molecular complexity index is 1230. The number of ether oxygens (including phenoxy) is 1. The Morgan fingerprint density at radius 2 is 1.73 bits per heavy atom. The Kier molecular flexibility index (Phi) is 5.44. The molecule has 3 aromatic carbocycles. The molecule has 0 radical (unpaired) electrons. The molecule has 1 heterocycles. The highest BCUT2D eigenvalue weighted by Gasteiger charge is 2.14. The topological polar surface area (TPSA) is 77.2 Å². The zero-order valence-electron chi connectivity index (χ0n) is 16.5. The molecular formula is C25H21N3O2. The van der Waals surface area contributed by atoms with E-state index in [1.165, 1.54) is 0 Å². The van der Waals surface area contributed by atoms with Gasteiger partial charge in [0.15, 0.2) is 0 Å². The fourth-order valence-corrected chi connectivity index (χ4v) is 3.17. The van der Waals surface area contributed by atoms with Crippen molar-refractivity contribution < 1.29 is 9.53 Å². The summed E-state index contributed by atoms with van der Waals surface area (Å²) in [4.78, 5) is 17.8. The van der Waals surface area contributed by atoms with Crippen molar-refractivity contribution in [3.05, 3.63) is 95.7 Å². The summed E-state index contributed by atoms with van der Waals surface area (Å²) in [5.41, 5.74) is 10.00. The van der Waals surface area contributed by atoms with Crippen molar-refractivity contribution in [3.63, 3.8) is 0 Å². The van der Waals surface area contributed by atoms with Crippen molar-refractivity contribution >= 4 is 40.3 Å². The molecule has 0 aliphatic heterocycles. The van der Waals surface area contributed by atoms with Crippen LogP contribution in [0.15, 0.2) is 78.9 Å². The van der Waals surface area contributed by atoms with Gasteiger partial charge in [-0.25, -0.2) is 4.98 Å². The number of aromatic nitrogens is 1. The van der Waals surface area contributed by atoms with Gasteiger partial charge in [-0.1, -0.05) is 48.5 Å². The number of carbonyl (C=O) groups excluding carboxylic acids is 1. The van der Waals surface area contributed by atoms with Gasteiger partial charge >= 0.3 is 0 Å². The van der Waals surface area contributed by atoms with E-state index in [9.17, 15) is 4.79 Å². The molecule has 0 atom stereocenters. The zero-order chi connectivity index (χ0) is 20.9. The van der Waals surface area contributed by atoms with E-state index in [1.807, 2.05) is 72.8 Å². The van der Waals surface area contributed by atoms with Crippen LogP contribution in [0.1, 0.15) is 21.6 Å². The van der Waals surface area contributed by atoms with Gasteiger partial charge in [0.2, 0.25) is 0 Å². The van der Waals surface area contributed by atoms with E-state index in [2.05, 4.69) is 10.3 Å². The summed E-state index contributed by atoms with van der Waals surface area (Å²) in [6.07, 6.45) is 3.86. The Labute approximate surface area is 174 Å². The van der Waals surface area contributed by atoms with E-state index in [0.717, 1.165) is 5.56 Å². The molecule has 4 rings (SSSR count). The predicted octanol–water partition coefficient (Wildman–Crippen LogP) is 5.25. The molecule has 0 aliphatic carbocycles. The Balaban J connectivity index is 1.77. The maximum Gasteiger partial charge on any atom is 0.256 e. The summed E-state index contributed by atoms with van der Waals surface area (Å²) >= 11 is 0. The van der Waals surface area contributed by atoms with Gasteiger partial charge in [-0.15, -0.1) is 0 Å². The number of para-hydroxylation sites is 2. The maximum atomic E-state index is 13.1. The molecule has 1 aromatic heterocycles. The van der Waals surface area contributed by atoms with Gasteiger partial charge in [-0.05, 0) is 48.0 Å². The first-order valence-corrected chi connectivity index (χ1v) is 9.52. The number of hydrogen-bond donors (Lipinski definition) is 2. The lowest BCUT2D eigenvalue weighted by atomic mass is 10.1. The standard InChI is InChI=1S/C25H21N3O2/c1-30-19-13-14-23-20(16-19)21(25(29)28-24-10-6-5-9-22(24)26)15-18(27-23)12-11-17-7-3-2-4-8-17/h2-16H,26H2,1H3,(H,28,29)/b12-11+. The number of hydrogen-bond acceptors (Lipinski definition) is 4. The second kappa shape index (κ2) is 8.49. The number of nitrogens with zero attached hydrogens (tertiary/aromatic N) is 1. The Morgan fingerprint density at radius 1 is 0.967 bits per heavy atom. The fraction of sp³-hybridized carbons (Fsp3) is 0.0400. The van der Waals surface area contributed by atoms with Crippen LogP contribution < -0.4 is 15.8 Å². The summed E-state index contributed by atoms with van der Waals surface area (Å²) in [6, 6.07) is 24.4. The molecule has 0 aliphatic rings. The zero-order valence-corrected chi connectivity index (χ0v) is 16.5. The lowest BCUT2D eigenvalue weighted by Gasteiger charge is -2.11. The van der Waals surface area contributed by atoms with Gasteiger partial charge < -0.3 is 15.8 Å². The molecule has 4 aromatic rings. The van der Waals surface area contributed by atoms with Crippen LogP contribution in [-0.4, -0.2) is 18.0 Å². The molecule has 148 valence electrons. The lowest BCUT2D eigenvalue weighted by Crippen LogP contribution is -2.14. The van der Waals surface area contributed by atoms with Gasteiger partial charge in [0.1, 0.15) is 5.75 Å². The van der Waals surface area contributed by atoms with Crippen molar-refractivity contribution in [1.82, 2.24) is 4.98 Å². The lowest BCUT2D eigenvalue weighted by molar-refractivity contribution is 0.102. The summed E-state index contributed by atoms with van der Waals surface area (Å²) < 4.78 is 5.34. The minimum Gasteiger partial charge on any atom is -0.497 e. The molecule has 3 N–H and O–H groups in total. The third kappa shape index (κ3) is 4.15. The number of rotatable bonds is 5. The average molecular weight is 395 g/mol. The number of nitrogens with one attached hydrogen (secondary N) is 1. The summed E-state index contributed by atoms with van der Waals surface area (Å²) in [5.74, 6) is 0.396. The van der Waals surface area contributed by atoms with Crippen LogP contribution in [0.5, 0.6) is 5.75 Å². The molecule has 0 saturated carbocycles. The number of methoxy groups -OCH3 is 1. The molecule has 1 amide bonds. The summed E-state index contributed by atoms with van der Waals surface area (Å²) in [5, 5.41) is 3.61. The molecule has 5 nitrogen and oxygen atoms in total. The number of anilines is 2. The molecule has 0 fully saturated rings. The minimum absolute atomic E-state index is 0.261. The summed E-state index contributed by atoms with van der Waals surface area (Å²) in [7, 11) is 1.59. The highest BCUT2D eigenvalue weighted by Crippen LogP contribution is 2.26. The van der Waals surface area contributed by atoms with Gasteiger partial charge in [0, 0.05) is 5.39 Å². The van der Waals surface area contributed by atoms with Crippen LogP contribution >= 0.6 is 0 Å². The largest absolute Gasteiger partial charge is 0.497 e. The third-order valence-corrected chi connectivity index (χ3v) is 4.74. The number of pyridine rings is 1. The second-order valence-electron chi connectivity index (χ2n) is 6.76. The first-order chi connectivity index (χ1) is 14.6. The van der Waals surface area contributed by atoms with Crippen molar-refractivity contribution in [3.8, 4) is 5.75 Å². The Morgan fingerprint density at radius 3 is 2.50 bits per heavy atom. The van der Waals surface area contributed by atoms with E-state index >= 15 is 0 Å². The number of fused-ring (bicyclic) bond motifs is 1. The number of benzene rings is 3. The molecular weight excluding hydrogens is 374 g/mol. The van der Waals surface area contributed by atoms with E-state index in [4.69, 9.17) is 10.5 Å². The van der Waals surface area contributed by atoms with Gasteiger partial charge in [0.25, 0.3) is 5.91 Å². The normalized spacial score (nSPS) is 11.0. The van der Waals surface area contributed by atoms with Crippen LogP contribution in [0.2, 0.25) is 0 Å². The molecule has 0 bridgehead atoms. The van der Waals surface area contributed by atoms with Gasteiger partial charge in [-0.2, -0.15) is 0 Å². The highest BCUT2D eigenvalue weighted by molar-refractivity contribution is 6.13. The smallest absolute Gasteiger partial charge is 0.256 e. The first kappa shape index (κ1) is 19.2. The average Bonchev–Trinajstić information content (AvgIpc) is 2.79. The number of nitrogen functional groups attached to an aromatic ring is 1. The SMILES string of the molecule is COc1ccc2nc(/C=C/c3ccccc3)cc(C(=O)Nc3ccccc3N)c2c1. The predicted molar refractivity (Wildman–Crippen MR) is 122 cm³/mol. The van der Waals surface area contributed by atoms with Gasteiger partial charge in [0.05, 0.1) is 35.3 Å². The quantitative estimate of drug-likeness (QED) is 0.453. The third-order valence-electron chi connectivity index (χ3n) is 4.74. The van der Waals surface area contributed by atoms with Crippen molar-refractivity contribution in [2.45, 2.75) is 0 Å². The first-order valence-electron chi connectivity index (χ1n) is 9.52. The molecule has 0 unspecified atom stereocenters. The van der Waals surface area contributed by atoms with Crippen molar-refractivity contribution in [2.75, 3.05) is 18.2 Å². The Hall–Kier alpha value is -4.12. The van der Waals surface area contributed by atoms with Gasteiger partial charge in [-0.3, -0.25) is 4.79 Å². The van der Waals surface area contributed by atoms with Crippen LogP contribution in [0.4, 0.5) is 11.4 Å². The molecule has 0 saturated heterocycles. The minimum atomic E-state index is -0.261. The fourth-order valence-electron chi connectivity index (χ4n) is 3.17. The second-order valence-corrected chi connectivity index (χ2v) is 6.76. The molecule has 5 heteroatoms. The number of carbonyl (C=O) groups is 1. The van der Waals surface area contributed by atoms with Crippen LogP contribution in [0.25, 0.3) is 23.1 Å². The molecule has 0 spiro atoms. The maximum absolute atomic E-state index is 13.1. The van der Waals surface area contributed by atoms with Crippen LogP contribution in [-0.2, 0) is 0 Å². The van der Waals surface area contributed by atoms with E-state index in [-0.39, 0.29) is 5.91 Å². The van der Waals surface area contributed by atoms with E-state index < -0.39 is 0 Å². The highest BCUT2D eigenvalue weighted by atomic mass is 16.5. The van der Waals surface area contributed by atoms with Crippen LogP contribution in [0.3, 0.4) is 0 Å². The van der Waals surface area contributed by atoms with Crippen molar-refractivity contribution in [2.24, 2.45) is 0 Å². The van der Waals surface area contributed by atoms with E-state index in [1.54, 1.807) is 25.3 Å². The van der Waals surface area contributed by atoms with Crippen molar-refractivity contribution in [1.29, 1.82) is 0 Å². The monoisotopic (exact) mass is 395 g/mol. The number of nitrogens with two attached hydrogens (primary N) is 1. The molecule has 30 heavy (non-hydrogen) atoms. The summed E-state index contributed by atoms with van der Waals surface area (Å²) in [6.45, 7) is 0. The number of amides is 1. The van der Waals surface area contributed by atoms with E-state index in [0.29, 0.717) is 39.3 Å².